The number of carboxylic acid groups (broad SMARTS) is 1. The molecule has 1 rings (SSSR count). The van der Waals surface area contributed by atoms with Crippen LogP contribution in [0.25, 0.3) is 0 Å². The number of aryl methyl sites for hydroxylation is 1. The van der Waals surface area contributed by atoms with E-state index in [1.54, 1.807) is 6.07 Å². The van der Waals surface area contributed by atoms with Gasteiger partial charge in [0.05, 0.1) is 0 Å². The second-order valence-corrected chi connectivity index (χ2v) is 3.42. The standard InChI is InChI=1S/C9H11NO2S/c1-3-6-4-7(13-2)5-8(10-6)9(11)12/h4-5H,3H2,1-2H3,(H,11,12). The zero-order chi connectivity index (χ0) is 9.84. The summed E-state index contributed by atoms with van der Waals surface area (Å²) >= 11 is 1.53. The number of hydrogen-bond acceptors (Lipinski definition) is 3. The number of aromatic carboxylic acids is 1. The molecular weight excluding hydrogens is 186 g/mol. The van der Waals surface area contributed by atoms with Gasteiger partial charge in [-0.05, 0) is 24.8 Å². The second-order valence-electron chi connectivity index (χ2n) is 2.54. The summed E-state index contributed by atoms with van der Waals surface area (Å²) in [4.78, 5) is 15.6. The highest BCUT2D eigenvalue weighted by Crippen LogP contribution is 2.17. The van der Waals surface area contributed by atoms with Crippen LogP contribution in [0.2, 0.25) is 0 Å². The van der Waals surface area contributed by atoms with Crippen molar-refractivity contribution >= 4 is 17.7 Å². The predicted octanol–water partition coefficient (Wildman–Crippen LogP) is 2.06. The van der Waals surface area contributed by atoms with Gasteiger partial charge in [0.1, 0.15) is 5.69 Å². The summed E-state index contributed by atoms with van der Waals surface area (Å²) in [6.45, 7) is 1.96. The van der Waals surface area contributed by atoms with Crippen molar-refractivity contribution in [2.24, 2.45) is 0 Å². The van der Waals surface area contributed by atoms with Crippen LogP contribution in [0.1, 0.15) is 23.1 Å². The van der Waals surface area contributed by atoms with Crippen molar-refractivity contribution in [2.75, 3.05) is 6.26 Å². The molecule has 0 fully saturated rings. The summed E-state index contributed by atoms with van der Waals surface area (Å²) in [6, 6.07) is 3.50. The lowest BCUT2D eigenvalue weighted by Crippen LogP contribution is -2.02. The Labute approximate surface area is 81.2 Å². The number of hydrogen-bond donors (Lipinski definition) is 1. The summed E-state index contributed by atoms with van der Waals surface area (Å²) in [5.74, 6) is -0.967. The van der Waals surface area contributed by atoms with Crippen molar-refractivity contribution in [1.29, 1.82) is 0 Å². The summed E-state index contributed by atoms with van der Waals surface area (Å²) < 4.78 is 0. The Kier molecular flexibility index (Phi) is 3.31. The minimum Gasteiger partial charge on any atom is -0.477 e. The van der Waals surface area contributed by atoms with Gasteiger partial charge in [-0.1, -0.05) is 6.92 Å². The number of nitrogens with zero attached hydrogens (tertiary/aromatic N) is 1. The Morgan fingerprint density at radius 1 is 1.62 bits per heavy atom. The van der Waals surface area contributed by atoms with E-state index in [4.69, 9.17) is 5.11 Å². The third-order valence-corrected chi connectivity index (χ3v) is 2.38. The summed E-state index contributed by atoms with van der Waals surface area (Å²) in [7, 11) is 0. The Balaban J connectivity index is 3.14. The van der Waals surface area contributed by atoms with E-state index in [1.807, 2.05) is 19.2 Å². The minimum atomic E-state index is -0.967. The molecule has 70 valence electrons. The van der Waals surface area contributed by atoms with Crippen LogP contribution in [0.5, 0.6) is 0 Å². The number of thioether (sulfide) groups is 1. The largest absolute Gasteiger partial charge is 0.477 e. The molecule has 0 saturated carbocycles. The molecule has 1 N–H and O–H groups in total. The van der Waals surface area contributed by atoms with Crippen LogP contribution >= 0.6 is 11.8 Å². The molecule has 0 aromatic carbocycles. The van der Waals surface area contributed by atoms with Gasteiger partial charge in [-0.3, -0.25) is 0 Å². The molecule has 0 bridgehead atoms. The maximum absolute atomic E-state index is 10.7. The summed E-state index contributed by atoms with van der Waals surface area (Å²) in [5, 5.41) is 8.75. The van der Waals surface area contributed by atoms with Crippen LogP contribution in [0.4, 0.5) is 0 Å². The van der Waals surface area contributed by atoms with Gasteiger partial charge in [0.2, 0.25) is 0 Å². The fourth-order valence-corrected chi connectivity index (χ4v) is 1.45. The normalized spacial score (nSPS) is 10.0. The minimum absolute atomic E-state index is 0.128. The Hall–Kier alpha value is -1.03. The van der Waals surface area contributed by atoms with Crippen LogP contribution in [-0.4, -0.2) is 22.3 Å². The van der Waals surface area contributed by atoms with E-state index < -0.39 is 5.97 Å². The quantitative estimate of drug-likeness (QED) is 0.753. The van der Waals surface area contributed by atoms with E-state index >= 15 is 0 Å². The zero-order valence-electron chi connectivity index (χ0n) is 7.57. The highest BCUT2D eigenvalue weighted by molar-refractivity contribution is 7.98. The van der Waals surface area contributed by atoms with Crippen LogP contribution in [0.3, 0.4) is 0 Å². The van der Waals surface area contributed by atoms with Crippen LogP contribution in [-0.2, 0) is 6.42 Å². The SMILES string of the molecule is CCc1cc(SC)cc(C(=O)O)n1. The molecule has 0 unspecified atom stereocenters. The molecule has 1 aromatic heterocycles. The molecule has 0 atom stereocenters. The Morgan fingerprint density at radius 3 is 2.77 bits per heavy atom. The smallest absolute Gasteiger partial charge is 0.354 e. The summed E-state index contributed by atoms with van der Waals surface area (Å²) in [5.41, 5.74) is 0.952. The van der Waals surface area contributed by atoms with Crippen LogP contribution in [0.15, 0.2) is 17.0 Å². The molecule has 0 amide bonds. The lowest BCUT2D eigenvalue weighted by atomic mass is 10.2. The van der Waals surface area contributed by atoms with Crippen molar-refractivity contribution in [3.63, 3.8) is 0 Å². The van der Waals surface area contributed by atoms with Gasteiger partial charge in [-0.15, -0.1) is 11.8 Å². The van der Waals surface area contributed by atoms with Gasteiger partial charge in [-0.25, -0.2) is 9.78 Å². The van der Waals surface area contributed by atoms with E-state index in [0.29, 0.717) is 0 Å². The fraction of sp³-hybridized carbons (Fsp3) is 0.333. The third kappa shape index (κ3) is 2.45. The first kappa shape index (κ1) is 10.1. The molecule has 0 spiro atoms. The average Bonchev–Trinajstić information content (AvgIpc) is 2.16. The first-order chi connectivity index (χ1) is 6.17. The second kappa shape index (κ2) is 4.28. The van der Waals surface area contributed by atoms with Gasteiger partial charge >= 0.3 is 5.97 Å². The Morgan fingerprint density at radius 2 is 2.31 bits per heavy atom. The highest BCUT2D eigenvalue weighted by Gasteiger charge is 2.07. The highest BCUT2D eigenvalue weighted by atomic mass is 32.2. The maximum Gasteiger partial charge on any atom is 0.354 e. The topological polar surface area (TPSA) is 50.2 Å². The van der Waals surface area contributed by atoms with Crippen molar-refractivity contribution in [2.45, 2.75) is 18.2 Å². The molecule has 3 nitrogen and oxygen atoms in total. The van der Waals surface area contributed by atoms with E-state index in [9.17, 15) is 4.79 Å². The number of carbonyl (C=O) groups is 1. The van der Waals surface area contributed by atoms with Crippen molar-refractivity contribution in [3.8, 4) is 0 Å². The Bertz CT molecular complexity index is 303. The van der Waals surface area contributed by atoms with E-state index in [-0.39, 0.29) is 5.69 Å². The van der Waals surface area contributed by atoms with Gasteiger partial charge in [0.15, 0.2) is 0 Å². The molecule has 13 heavy (non-hydrogen) atoms. The monoisotopic (exact) mass is 197 g/mol. The average molecular weight is 197 g/mol. The molecule has 1 aromatic rings. The van der Waals surface area contributed by atoms with Gasteiger partial charge in [-0.2, -0.15) is 0 Å². The number of pyridine rings is 1. The van der Waals surface area contributed by atoms with Crippen LogP contribution in [0, 0.1) is 0 Å². The molecule has 0 aliphatic rings. The summed E-state index contributed by atoms with van der Waals surface area (Å²) in [6.07, 6.45) is 2.68. The lowest BCUT2D eigenvalue weighted by molar-refractivity contribution is 0.0690. The molecule has 4 heteroatoms. The molecule has 0 radical (unpaired) electrons. The molecule has 0 aliphatic heterocycles. The van der Waals surface area contributed by atoms with E-state index in [1.165, 1.54) is 11.8 Å². The molecule has 0 saturated heterocycles. The van der Waals surface area contributed by atoms with Crippen molar-refractivity contribution < 1.29 is 9.90 Å². The van der Waals surface area contributed by atoms with E-state index in [0.717, 1.165) is 17.0 Å². The lowest BCUT2D eigenvalue weighted by Gasteiger charge is -2.02. The van der Waals surface area contributed by atoms with Gasteiger partial charge in [0.25, 0.3) is 0 Å². The van der Waals surface area contributed by atoms with E-state index in [2.05, 4.69) is 4.98 Å². The number of aromatic nitrogens is 1. The number of rotatable bonds is 3. The molecule has 0 aliphatic carbocycles. The first-order valence-corrected chi connectivity index (χ1v) is 5.18. The van der Waals surface area contributed by atoms with Crippen LogP contribution < -0.4 is 0 Å². The maximum atomic E-state index is 10.7. The van der Waals surface area contributed by atoms with Crippen molar-refractivity contribution in [1.82, 2.24) is 4.98 Å². The predicted molar refractivity (Wildman–Crippen MR) is 52.4 cm³/mol. The first-order valence-electron chi connectivity index (χ1n) is 3.95. The van der Waals surface area contributed by atoms with Gasteiger partial charge in [0, 0.05) is 10.6 Å². The zero-order valence-corrected chi connectivity index (χ0v) is 8.39. The van der Waals surface area contributed by atoms with Crippen molar-refractivity contribution in [3.05, 3.63) is 23.5 Å². The molecular formula is C9H11NO2S. The number of carboxylic acids is 1. The van der Waals surface area contributed by atoms with Gasteiger partial charge < -0.3 is 5.11 Å². The molecule has 1 heterocycles. The fourth-order valence-electron chi connectivity index (χ4n) is 0.968. The third-order valence-electron chi connectivity index (χ3n) is 1.67.